The monoisotopic (exact) mass is 210 g/mol. The minimum atomic E-state index is -0.463. The highest BCUT2D eigenvalue weighted by atomic mass is 16.6. The van der Waals surface area contributed by atoms with Crippen LogP contribution in [0.2, 0.25) is 0 Å². The summed E-state index contributed by atoms with van der Waals surface area (Å²) in [4.78, 5) is 11.6. The molecule has 4 nitrogen and oxygen atoms in total. The first-order valence-electron chi connectivity index (χ1n) is 5.02. The molecule has 0 saturated carbocycles. The lowest BCUT2D eigenvalue weighted by atomic mass is 10.2. The average Bonchev–Trinajstić information content (AvgIpc) is 2.50. The molecule has 0 aromatic carbocycles. The minimum Gasteiger partial charge on any atom is -0.443 e. The molecule has 0 saturated heterocycles. The molecular weight excluding hydrogens is 192 g/mol. The highest BCUT2D eigenvalue weighted by molar-refractivity contribution is 5.71. The normalized spacial score (nSPS) is 11.5. The topological polar surface area (TPSA) is 57.2 Å². The molecule has 2 N–H and O–H groups in total. The first-order valence-corrected chi connectivity index (χ1v) is 5.02. The van der Waals surface area contributed by atoms with Crippen LogP contribution >= 0.6 is 0 Å². The molecule has 4 heteroatoms. The van der Waals surface area contributed by atoms with Gasteiger partial charge in [0.1, 0.15) is 5.60 Å². The number of hydrogen-bond acceptors (Lipinski definition) is 3. The van der Waals surface area contributed by atoms with Crippen LogP contribution in [0.3, 0.4) is 0 Å². The van der Waals surface area contributed by atoms with Gasteiger partial charge >= 0.3 is 6.09 Å². The average molecular weight is 210 g/mol. The fraction of sp³-hybridized carbons (Fsp3) is 0.545. The van der Waals surface area contributed by atoms with Crippen LogP contribution in [-0.4, -0.2) is 22.8 Å². The van der Waals surface area contributed by atoms with Crippen molar-refractivity contribution in [2.45, 2.75) is 32.8 Å². The van der Waals surface area contributed by atoms with Gasteiger partial charge in [0.2, 0.25) is 0 Å². The van der Waals surface area contributed by atoms with Gasteiger partial charge < -0.3 is 10.5 Å². The summed E-state index contributed by atoms with van der Waals surface area (Å²) in [6, 6.07) is 1.87. The van der Waals surface area contributed by atoms with E-state index in [1.54, 1.807) is 12.4 Å². The molecule has 1 heterocycles. The molecule has 0 amide bonds. The summed E-state index contributed by atoms with van der Waals surface area (Å²) >= 11 is 0. The summed E-state index contributed by atoms with van der Waals surface area (Å²) in [5.74, 6) is 0. The highest BCUT2D eigenvalue weighted by Gasteiger charge is 2.17. The summed E-state index contributed by atoms with van der Waals surface area (Å²) in [5.41, 5.74) is 6.00. The maximum absolute atomic E-state index is 11.6. The highest BCUT2D eigenvalue weighted by Crippen LogP contribution is 2.10. The summed E-state index contributed by atoms with van der Waals surface area (Å²) in [5, 5.41) is 0. The van der Waals surface area contributed by atoms with E-state index in [0.29, 0.717) is 6.54 Å². The van der Waals surface area contributed by atoms with Crippen molar-refractivity contribution < 1.29 is 9.53 Å². The lowest BCUT2D eigenvalue weighted by Crippen LogP contribution is -2.26. The van der Waals surface area contributed by atoms with Crippen LogP contribution in [0.15, 0.2) is 18.5 Å². The van der Waals surface area contributed by atoms with E-state index in [9.17, 15) is 4.79 Å². The molecule has 84 valence electrons. The zero-order chi connectivity index (χ0) is 11.5. The Labute approximate surface area is 90.0 Å². The fourth-order valence-corrected chi connectivity index (χ4v) is 1.18. The van der Waals surface area contributed by atoms with Gasteiger partial charge in [0.15, 0.2) is 0 Å². The number of carbonyl (C=O) groups excluding carboxylic acids is 1. The minimum absolute atomic E-state index is 0.356. The molecule has 0 aliphatic heterocycles. The molecule has 0 aliphatic carbocycles. The third-order valence-corrected chi connectivity index (χ3v) is 1.79. The summed E-state index contributed by atoms with van der Waals surface area (Å²) in [7, 11) is 0. The Bertz CT molecular complexity index is 337. The molecule has 0 radical (unpaired) electrons. The summed E-state index contributed by atoms with van der Waals surface area (Å²) < 4.78 is 6.65. The maximum Gasteiger partial charge on any atom is 0.418 e. The van der Waals surface area contributed by atoms with E-state index in [1.165, 1.54) is 4.57 Å². The second-order valence-corrected chi connectivity index (χ2v) is 4.45. The van der Waals surface area contributed by atoms with E-state index in [2.05, 4.69) is 0 Å². The lowest BCUT2D eigenvalue weighted by Gasteiger charge is -2.19. The Morgan fingerprint density at radius 3 is 2.73 bits per heavy atom. The number of ether oxygens (including phenoxy) is 1. The molecule has 0 bridgehead atoms. The molecule has 0 unspecified atom stereocenters. The Morgan fingerprint density at radius 1 is 1.53 bits per heavy atom. The van der Waals surface area contributed by atoms with Gasteiger partial charge in [-0.3, -0.25) is 4.57 Å². The predicted molar refractivity (Wildman–Crippen MR) is 58.8 cm³/mol. The number of hydrogen-bond donors (Lipinski definition) is 1. The van der Waals surface area contributed by atoms with Gasteiger partial charge in [-0.2, -0.15) is 0 Å². The predicted octanol–water partition coefficient (Wildman–Crippen LogP) is 1.77. The Hall–Kier alpha value is -1.29. The van der Waals surface area contributed by atoms with Crippen LogP contribution in [0.25, 0.3) is 0 Å². The molecule has 0 spiro atoms. The van der Waals surface area contributed by atoms with Gasteiger partial charge in [-0.15, -0.1) is 0 Å². The smallest absolute Gasteiger partial charge is 0.418 e. The maximum atomic E-state index is 11.6. The molecule has 1 rings (SSSR count). The van der Waals surface area contributed by atoms with Gasteiger partial charge in [-0.05, 0) is 45.4 Å². The second-order valence-electron chi connectivity index (χ2n) is 4.45. The zero-order valence-electron chi connectivity index (χ0n) is 9.49. The van der Waals surface area contributed by atoms with Crippen molar-refractivity contribution in [2.75, 3.05) is 6.54 Å². The number of nitrogens with two attached hydrogens (primary N) is 1. The number of rotatable bonds is 2. The number of carbonyl (C=O) groups is 1. The van der Waals surface area contributed by atoms with E-state index < -0.39 is 5.60 Å². The molecule has 0 atom stereocenters. The third-order valence-electron chi connectivity index (χ3n) is 1.79. The van der Waals surface area contributed by atoms with E-state index in [4.69, 9.17) is 10.5 Å². The van der Waals surface area contributed by atoms with Crippen LogP contribution in [-0.2, 0) is 11.2 Å². The van der Waals surface area contributed by atoms with Crippen LogP contribution in [0.5, 0.6) is 0 Å². The van der Waals surface area contributed by atoms with Gasteiger partial charge in [-0.1, -0.05) is 0 Å². The molecule has 1 aromatic heterocycles. The molecule has 1 aromatic rings. The third kappa shape index (κ3) is 3.75. The van der Waals surface area contributed by atoms with E-state index in [1.807, 2.05) is 26.8 Å². The van der Waals surface area contributed by atoms with Gasteiger partial charge in [0.05, 0.1) is 0 Å². The van der Waals surface area contributed by atoms with E-state index in [0.717, 1.165) is 12.0 Å². The Balaban J connectivity index is 2.66. The number of aromatic nitrogens is 1. The van der Waals surface area contributed by atoms with Crippen molar-refractivity contribution >= 4 is 6.09 Å². The summed E-state index contributed by atoms with van der Waals surface area (Å²) in [6.45, 7) is 6.11. The van der Waals surface area contributed by atoms with Crippen molar-refractivity contribution in [3.05, 3.63) is 24.0 Å². The Morgan fingerprint density at radius 2 is 2.20 bits per heavy atom. The molecule has 0 fully saturated rings. The van der Waals surface area contributed by atoms with Crippen LogP contribution in [0.1, 0.15) is 26.3 Å². The van der Waals surface area contributed by atoms with Crippen molar-refractivity contribution in [1.82, 2.24) is 4.57 Å². The Kier molecular flexibility index (Phi) is 3.52. The van der Waals surface area contributed by atoms with Gasteiger partial charge in [-0.25, -0.2) is 4.79 Å². The SMILES string of the molecule is CC(C)(C)OC(=O)n1ccc(CCN)c1. The van der Waals surface area contributed by atoms with Crippen molar-refractivity contribution in [3.8, 4) is 0 Å². The van der Waals surface area contributed by atoms with E-state index >= 15 is 0 Å². The summed E-state index contributed by atoms with van der Waals surface area (Å²) in [6.07, 6.45) is 3.86. The van der Waals surface area contributed by atoms with Gasteiger partial charge in [0, 0.05) is 12.4 Å². The van der Waals surface area contributed by atoms with Crippen molar-refractivity contribution in [3.63, 3.8) is 0 Å². The number of nitrogens with zero attached hydrogens (tertiary/aromatic N) is 1. The van der Waals surface area contributed by atoms with Crippen LogP contribution < -0.4 is 5.73 Å². The fourth-order valence-electron chi connectivity index (χ4n) is 1.18. The van der Waals surface area contributed by atoms with Gasteiger partial charge in [0.25, 0.3) is 0 Å². The largest absolute Gasteiger partial charge is 0.443 e. The second kappa shape index (κ2) is 4.49. The first kappa shape index (κ1) is 11.8. The quantitative estimate of drug-likeness (QED) is 0.809. The molecule has 0 aliphatic rings. The van der Waals surface area contributed by atoms with E-state index in [-0.39, 0.29) is 6.09 Å². The van der Waals surface area contributed by atoms with Crippen molar-refractivity contribution in [1.29, 1.82) is 0 Å². The standard InChI is InChI=1S/C11H18N2O2/c1-11(2,3)15-10(14)13-7-5-9(8-13)4-6-12/h5,7-8H,4,6,12H2,1-3H3. The molecule has 15 heavy (non-hydrogen) atoms. The lowest BCUT2D eigenvalue weighted by molar-refractivity contribution is 0.0537. The first-order chi connectivity index (χ1) is 6.92. The zero-order valence-corrected chi connectivity index (χ0v) is 9.49. The van der Waals surface area contributed by atoms with Crippen molar-refractivity contribution in [2.24, 2.45) is 5.73 Å². The molecular formula is C11H18N2O2. The van der Waals surface area contributed by atoms with Crippen LogP contribution in [0, 0.1) is 0 Å². The van der Waals surface area contributed by atoms with Crippen LogP contribution in [0.4, 0.5) is 4.79 Å².